The van der Waals surface area contributed by atoms with E-state index in [0.717, 1.165) is 77.0 Å². The van der Waals surface area contributed by atoms with Crippen LogP contribution in [0.1, 0.15) is 144 Å². The lowest BCUT2D eigenvalue weighted by atomic mass is 9.68. The van der Waals surface area contributed by atoms with Crippen LogP contribution in [0.15, 0.2) is 24.3 Å². The second kappa shape index (κ2) is 11.7. The number of benzene rings is 4. The third-order valence-corrected chi connectivity index (χ3v) is 11.3. The molecule has 0 atom stereocenters. The molecule has 0 amide bonds. The average molecular weight is 557 g/mol. The summed E-state index contributed by atoms with van der Waals surface area (Å²) in [6, 6.07) is 9.26. The summed E-state index contributed by atoms with van der Waals surface area (Å²) in [5, 5.41) is 3.00. The van der Waals surface area contributed by atoms with Crippen LogP contribution in [-0.4, -0.2) is 0 Å². The maximum absolute atomic E-state index is 2.43. The van der Waals surface area contributed by atoms with Gasteiger partial charge in [-0.15, -0.1) is 0 Å². The molecule has 0 nitrogen and oxygen atoms in total. The summed E-state index contributed by atoms with van der Waals surface area (Å²) in [7, 11) is 0. The smallest absolute Gasteiger partial charge is 0.00141 e. The van der Waals surface area contributed by atoms with Crippen LogP contribution in [-0.2, 0) is 77.0 Å². The minimum absolute atomic E-state index is 1.11. The fraction of sp³-hybridized carbons (Fsp3) is 0.476. The molecule has 0 saturated carbocycles. The van der Waals surface area contributed by atoms with Crippen LogP contribution in [0.5, 0.6) is 0 Å². The minimum atomic E-state index is 1.11. The van der Waals surface area contributed by atoms with E-state index in [1.807, 2.05) is 0 Å². The van der Waals surface area contributed by atoms with Crippen molar-refractivity contribution in [2.24, 2.45) is 0 Å². The van der Waals surface area contributed by atoms with Gasteiger partial charge in [0.25, 0.3) is 0 Å². The molecule has 0 aromatic heterocycles. The van der Waals surface area contributed by atoms with Gasteiger partial charge >= 0.3 is 0 Å². The second-order valence-electron chi connectivity index (χ2n) is 12.7. The predicted octanol–water partition coefficient (Wildman–Crippen LogP) is 10.3. The number of hydrogen-bond acceptors (Lipinski definition) is 0. The highest BCUT2D eigenvalue weighted by molar-refractivity contribution is 5.92. The van der Waals surface area contributed by atoms with Gasteiger partial charge in [-0.3, -0.25) is 0 Å². The van der Waals surface area contributed by atoms with Gasteiger partial charge in [-0.25, -0.2) is 0 Å². The molecule has 6 rings (SSSR count). The lowest BCUT2D eigenvalue weighted by molar-refractivity contribution is 0.823. The standard InChI is InChI=1S/C42H52/c1-9-25-26(10-2)28(12-4)36-22-40-32(16-8)42-24-38-30(14-6)34-20-18-17-19-33(34)29(13-5)37(38)23-41(42)31(15-7)39(40)21-35(36)27(25)11-3/h17-20H,9-16,21-24H2,1-8H3. The molecule has 0 aliphatic heterocycles. The fourth-order valence-corrected chi connectivity index (χ4v) is 9.67. The molecule has 2 aliphatic carbocycles. The van der Waals surface area contributed by atoms with E-state index in [0.29, 0.717) is 0 Å². The van der Waals surface area contributed by atoms with E-state index in [2.05, 4.69) is 79.7 Å². The lowest BCUT2D eigenvalue weighted by Crippen LogP contribution is -2.24. The molecule has 0 bridgehead atoms. The molecule has 2 aliphatic rings. The van der Waals surface area contributed by atoms with Crippen LogP contribution in [0.2, 0.25) is 0 Å². The first kappa shape index (κ1) is 29.2. The third-order valence-electron chi connectivity index (χ3n) is 11.3. The van der Waals surface area contributed by atoms with Crippen LogP contribution in [0.25, 0.3) is 10.8 Å². The van der Waals surface area contributed by atoms with Gasteiger partial charge in [0.1, 0.15) is 0 Å². The lowest BCUT2D eigenvalue weighted by Gasteiger charge is -2.36. The molecule has 4 aromatic carbocycles. The summed E-state index contributed by atoms with van der Waals surface area (Å²) in [4.78, 5) is 0. The van der Waals surface area contributed by atoms with Crippen molar-refractivity contribution in [2.75, 3.05) is 0 Å². The Balaban J connectivity index is 1.63. The first-order chi connectivity index (χ1) is 20.5. The van der Waals surface area contributed by atoms with E-state index in [4.69, 9.17) is 0 Å². The van der Waals surface area contributed by atoms with Crippen molar-refractivity contribution >= 4 is 10.8 Å². The molecule has 0 radical (unpaired) electrons. The molecule has 0 heteroatoms. The van der Waals surface area contributed by atoms with Crippen molar-refractivity contribution in [3.05, 3.63) is 113 Å². The van der Waals surface area contributed by atoms with E-state index in [9.17, 15) is 0 Å². The highest BCUT2D eigenvalue weighted by Gasteiger charge is 2.33. The Morgan fingerprint density at radius 2 is 0.548 bits per heavy atom. The molecule has 220 valence electrons. The van der Waals surface area contributed by atoms with Gasteiger partial charge in [0, 0.05) is 0 Å². The normalized spacial score (nSPS) is 13.6. The number of aryl methyl sites for hydroxylation is 2. The first-order valence-electron chi connectivity index (χ1n) is 17.4. The zero-order chi connectivity index (χ0) is 29.7. The average Bonchev–Trinajstić information content (AvgIpc) is 3.03. The van der Waals surface area contributed by atoms with Crippen LogP contribution < -0.4 is 0 Å². The van der Waals surface area contributed by atoms with Crippen LogP contribution in [0.3, 0.4) is 0 Å². The topological polar surface area (TPSA) is 0 Å². The molecule has 0 heterocycles. The van der Waals surface area contributed by atoms with Gasteiger partial charge in [-0.1, -0.05) is 79.7 Å². The van der Waals surface area contributed by atoms with Crippen LogP contribution in [0, 0.1) is 0 Å². The van der Waals surface area contributed by atoms with Crippen molar-refractivity contribution in [1.29, 1.82) is 0 Å². The quantitative estimate of drug-likeness (QED) is 0.175. The van der Waals surface area contributed by atoms with Gasteiger partial charge in [-0.05, 0) is 177 Å². The number of rotatable bonds is 8. The Hall–Kier alpha value is -2.86. The van der Waals surface area contributed by atoms with Crippen molar-refractivity contribution < 1.29 is 0 Å². The number of fused-ring (bicyclic) bond motifs is 5. The summed E-state index contributed by atoms with van der Waals surface area (Å²) in [6.45, 7) is 19.2. The monoisotopic (exact) mass is 556 g/mol. The summed E-state index contributed by atoms with van der Waals surface area (Å²) < 4.78 is 0. The molecule has 0 N–H and O–H groups in total. The zero-order valence-corrected chi connectivity index (χ0v) is 27.8. The highest BCUT2D eigenvalue weighted by Crippen LogP contribution is 2.46. The van der Waals surface area contributed by atoms with E-state index in [1.165, 1.54) is 10.8 Å². The molecule has 4 aromatic rings. The SMILES string of the molecule is CCc1c(CC)c(CC)c2c(c1CC)Cc1c(CC)c3c(c(CC)c1C2)Cc1c(c(CC)c2ccccc2c1CC)C3. The van der Waals surface area contributed by atoms with Crippen molar-refractivity contribution in [3.63, 3.8) is 0 Å². The van der Waals surface area contributed by atoms with Crippen molar-refractivity contribution in [2.45, 2.75) is 132 Å². The fourth-order valence-electron chi connectivity index (χ4n) is 9.67. The molecule has 42 heavy (non-hydrogen) atoms. The molecule has 0 spiro atoms. The Morgan fingerprint density at radius 3 is 0.810 bits per heavy atom. The van der Waals surface area contributed by atoms with E-state index in [-0.39, 0.29) is 0 Å². The largest absolute Gasteiger partial charge is 0.0616 e. The first-order valence-corrected chi connectivity index (χ1v) is 17.4. The van der Waals surface area contributed by atoms with Gasteiger partial charge in [0.05, 0.1) is 0 Å². The van der Waals surface area contributed by atoms with Gasteiger partial charge < -0.3 is 0 Å². The van der Waals surface area contributed by atoms with Gasteiger partial charge in [0.2, 0.25) is 0 Å². The number of hydrogen-bond donors (Lipinski definition) is 0. The molecule has 0 unspecified atom stereocenters. The van der Waals surface area contributed by atoms with Crippen LogP contribution in [0.4, 0.5) is 0 Å². The maximum atomic E-state index is 2.43. The summed E-state index contributed by atoms with van der Waals surface area (Å²) in [5.41, 5.74) is 26.9. The Kier molecular flexibility index (Phi) is 8.12. The van der Waals surface area contributed by atoms with Crippen molar-refractivity contribution in [3.8, 4) is 0 Å². The molecular weight excluding hydrogens is 504 g/mol. The molecular formula is C42H52. The Morgan fingerprint density at radius 1 is 0.310 bits per heavy atom. The summed E-state index contributed by atoms with van der Waals surface area (Å²) >= 11 is 0. The second-order valence-corrected chi connectivity index (χ2v) is 12.7. The Labute approximate surface area is 256 Å². The van der Waals surface area contributed by atoms with E-state index < -0.39 is 0 Å². The van der Waals surface area contributed by atoms with Crippen molar-refractivity contribution in [1.82, 2.24) is 0 Å². The minimum Gasteiger partial charge on any atom is -0.0616 e. The third kappa shape index (κ3) is 4.15. The summed E-state index contributed by atoms with van der Waals surface area (Å²) in [6.07, 6.45) is 13.7. The zero-order valence-electron chi connectivity index (χ0n) is 27.8. The molecule has 0 saturated heterocycles. The van der Waals surface area contributed by atoms with E-state index in [1.54, 1.807) is 89.0 Å². The highest BCUT2D eigenvalue weighted by atomic mass is 14.4. The predicted molar refractivity (Wildman–Crippen MR) is 183 cm³/mol. The Bertz CT molecular complexity index is 1570. The molecule has 0 fully saturated rings. The summed E-state index contributed by atoms with van der Waals surface area (Å²) in [5.74, 6) is 0. The van der Waals surface area contributed by atoms with E-state index >= 15 is 0 Å². The van der Waals surface area contributed by atoms with Gasteiger partial charge in [0.15, 0.2) is 0 Å². The van der Waals surface area contributed by atoms with Crippen LogP contribution >= 0.6 is 0 Å². The maximum Gasteiger partial charge on any atom is -0.00141 e. The van der Waals surface area contributed by atoms with Gasteiger partial charge in [-0.2, -0.15) is 0 Å².